The van der Waals surface area contributed by atoms with Crippen molar-refractivity contribution in [3.05, 3.63) is 130 Å². The molecular formula is C38H36Cl2N8SiZr. The molecule has 12 heteroatoms. The van der Waals surface area contributed by atoms with Crippen molar-refractivity contribution in [3.8, 4) is 33.6 Å². The molecule has 250 valence electrons. The third-order valence-corrected chi connectivity index (χ3v) is 29.7. The average Bonchev–Trinajstić information content (AvgIpc) is 3.90. The summed E-state index contributed by atoms with van der Waals surface area (Å²) in [6.07, 6.45) is 7.97. The summed E-state index contributed by atoms with van der Waals surface area (Å²) in [5.74, 6) is 0. The van der Waals surface area contributed by atoms with Gasteiger partial charge in [0.15, 0.2) is 0 Å². The molecule has 0 saturated heterocycles. The Kier molecular flexibility index (Phi) is 10.4. The van der Waals surface area contributed by atoms with Gasteiger partial charge in [0, 0.05) is 0 Å². The van der Waals surface area contributed by atoms with E-state index in [0.717, 1.165) is 11.4 Å². The topological polar surface area (TPSA) is 87.2 Å². The summed E-state index contributed by atoms with van der Waals surface area (Å²) < 4.78 is 0.850. The number of hydrogen-bond donors (Lipinski definition) is 0. The van der Waals surface area contributed by atoms with Gasteiger partial charge >= 0.3 is 290 Å². The van der Waals surface area contributed by atoms with Gasteiger partial charge in [0.1, 0.15) is 0 Å². The minimum atomic E-state index is -2.44. The van der Waals surface area contributed by atoms with Crippen LogP contribution in [-0.2, 0) is 20.4 Å². The van der Waals surface area contributed by atoms with Crippen LogP contribution in [0.25, 0.3) is 45.8 Å². The summed E-state index contributed by atoms with van der Waals surface area (Å²) in [4.78, 5) is 3.33. The van der Waals surface area contributed by atoms with E-state index in [2.05, 4.69) is 157 Å². The van der Waals surface area contributed by atoms with E-state index in [9.17, 15) is 0 Å². The second kappa shape index (κ2) is 14.4. The molecule has 4 aromatic carbocycles. The van der Waals surface area contributed by atoms with E-state index in [1.165, 1.54) is 79.4 Å². The summed E-state index contributed by atoms with van der Waals surface area (Å²) in [6.45, 7) is 14.1. The van der Waals surface area contributed by atoms with Gasteiger partial charge < -0.3 is 24.8 Å². The monoisotopic (exact) mass is 792 g/mol. The molecular weight excluding hydrogens is 759 g/mol. The Morgan fingerprint density at radius 2 is 0.980 bits per heavy atom. The Morgan fingerprint density at radius 3 is 1.32 bits per heavy atom. The van der Waals surface area contributed by atoms with Gasteiger partial charge in [0.05, 0.1) is 0 Å². The third kappa shape index (κ3) is 6.32. The minimum Gasteiger partial charge on any atom is -1.00 e. The van der Waals surface area contributed by atoms with Gasteiger partial charge in [-0.05, 0) is 0 Å². The number of fused-ring (bicyclic) bond motifs is 2. The number of allylic oxidation sites excluding steroid dienone is 2. The van der Waals surface area contributed by atoms with Crippen LogP contribution in [0.15, 0.2) is 96.6 Å². The number of aryl methyl sites for hydroxylation is 2. The molecule has 2 heterocycles. The zero-order valence-corrected chi connectivity index (χ0v) is 33.7. The van der Waals surface area contributed by atoms with Gasteiger partial charge in [-0.2, -0.15) is 0 Å². The molecule has 0 radical (unpaired) electrons. The molecule has 0 N–H and O–H groups in total. The zero-order chi connectivity index (χ0) is 33.1. The number of nitrogens with zero attached hydrogens (tertiary/aromatic N) is 8. The van der Waals surface area contributed by atoms with Crippen LogP contribution in [0.3, 0.4) is 0 Å². The molecule has 0 bridgehead atoms. The van der Waals surface area contributed by atoms with Gasteiger partial charge in [-0.25, -0.2) is 0 Å². The fourth-order valence-electron chi connectivity index (χ4n) is 7.55. The van der Waals surface area contributed by atoms with Crippen LogP contribution in [0, 0.1) is 13.8 Å². The maximum atomic E-state index is 4.45. The Bertz CT molecular complexity index is 2140. The SMILES string of the molecule is CC1=Cc2c(-c3ccc(C)cc3)cc(-n3ncnn3)cc2[C@@H]1[Zr+2]([C@H]1C(C)=Cc2c(-c3ccc(C)cc3)cc(-n3ncnn3)cc21)=[Si](C)C.[Cl-].[Cl-]. The van der Waals surface area contributed by atoms with Crippen LogP contribution in [0.5, 0.6) is 0 Å². The first-order valence-electron chi connectivity index (χ1n) is 16.3. The molecule has 8 rings (SSSR count). The first-order valence-corrected chi connectivity index (χ1v) is 25.3. The number of hydrogen-bond acceptors (Lipinski definition) is 6. The van der Waals surface area contributed by atoms with Gasteiger partial charge in [-0.15, -0.1) is 0 Å². The molecule has 2 aliphatic carbocycles. The number of aromatic nitrogens is 8. The summed E-state index contributed by atoms with van der Waals surface area (Å²) in [6, 6.07) is 26.9. The maximum Gasteiger partial charge on any atom is -1.00 e. The van der Waals surface area contributed by atoms with Crippen LogP contribution in [-0.4, -0.2) is 45.8 Å². The molecule has 8 nitrogen and oxygen atoms in total. The van der Waals surface area contributed by atoms with E-state index >= 15 is 0 Å². The van der Waals surface area contributed by atoms with E-state index in [1.807, 2.05) is 0 Å². The second-order valence-electron chi connectivity index (χ2n) is 13.3. The van der Waals surface area contributed by atoms with Crippen molar-refractivity contribution in [2.24, 2.45) is 0 Å². The molecule has 0 unspecified atom stereocenters. The Labute approximate surface area is 312 Å². The number of tetrazole rings is 2. The number of rotatable bonds is 6. The molecule has 0 saturated carbocycles. The minimum absolute atomic E-state index is 0. The van der Waals surface area contributed by atoms with Crippen LogP contribution < -0.4 is 24.8 Å². The van der Waals surface area contributed by atoms with Crippen molar-refractivity contribution in [2.75, 3.05) is 0 Å². The van der Waals surface area contributed by atoms with Gasteiger partial charge in [0.2, 0.25) is 0 Å². The molecule has 0 amide bonds. The first kappa shape index (κ1) is 36.0. The fourth-order valence-corrected chi connectivity index (χ4v) is 28.2. The van der Waals surface area contributed by atoms with Crippen molar-refractivity contribution in [1.82, 2.24) is 40.4 Å². The average molecular weight is 795 g/mol. The molecule has 2 aromatic heterocycles. The van der Waals surface area contributed by atoms with E-state index < -0.39 is 25.8 Å². The van der Waals surface area contributed by atoms with Crippen LogP contribution >= 0.6 is 0 Å². The Balaban J connectivity index is 0.00000216. The Hall–Kier alpha value is -3.82. The molecule has 0 fully saturated rings. The van der Waals surface area contributed by atoms with Crippen molar-refractivity contribution in [3.63, 3.8) is 0 Å². The van der Waals surface area contributed by atoms with E-state index in [4.69, 9.17) is 0 Å². The van der Waals surface area contributed by atoms with Gasteiger partial charge in [-0.1, -0.05) is 0 Å². The standard InChI is InChI=1S/2C18H15N4.C2H6Si.2ClH.Zr/c2*1-12-3-5-14(6-4-12)18-10-16(22-20-11-19-21-22)9-15-7-13(2)8-17(15)18;1-3-2;;;/h2*3-11H,1-2H3;1-2H3;2*1H;/q;;;;;+2/p-2. The summed E-state index contributed by atoms with van der Waals surface area (Å²) >= 11 is -2.44. The Morgan fingerprint density at radius 1 is 0.580 bits per heavy atom. The summed E-state index contributed by atoms with van der Waals surface area (Å²) in [5.41, 5.74) is 17.1. The summed E-state index contributed by atoms with van der Waals surface area (Å²) in [5, 5.41) is 25.6. The second-order valence-corrected chi connectivity index (χ2v) is 31.1. The maximum absolute atomic E-state index is 4.45. The largest absolute Gasteiger partial charge is 1.00 e. The van der Waals surface area contributed by atoms with E-state index in [-0.39, 0.29) is 24.8 Å². The molecule has 2 aliphatic rings. The van der Waals surface area contributed by atoms with Crippen LogP contribution in [0.4, 0.5) is 0 Å². The van der Waals surface area contributed by atoms with Crippen molar-refractivity contribution < 1.29 is 45.2 Å². The van der Waals surface area contributed by atoms with Crippen molar-refractivity contribution >= 4 is 17.6 Å². The van der Waals surface area contributed by atoms with Gasteiger partial charge in [-0.3, -0.25) is 0 Å². The summed E-state index contributed by atoms with van der Waals surface area (Å²) in [7, 11) is 0. The predicted molar refractivity (Wildman–Crippen MR) is 189 cm³/mol. The smallest absolute Gasteiger partial charge is 1.00 e. The number of halogens is 2. The van der Waals surface area contributed by atoms with Crippen LogP contribution in [0.2, 0.25) is 13.1 Å². The normalized spacial score (nSPS) is 15.5. The van der Waals surface area contributed by atoms with E-state index in [1.54, 1.807) is 9.59 Å². The fraction of sp³-hybridized carbons (Fsp3) is 0.211. The molecule has 6 aromatic rings. The molecule has 2 atom stereocenters. The molecule has 0 aliphatic heterocycles. The van der Waals surface area contributed by atoms with Crippen LogP contribution in [0.1, 0.15) is 54.5 Å². The molecule has 0 spiro atoms. The predicted octanol–water partition coefficient (Wildman–Crippen LogP) is 2.08. The van der Waals surface area contributed by atoms with Gasteiger partial charge in [0.25, 0.3) is 0 Å². The zero-order valence-electron chi connectivity index (χ0n) is 28.7. The van der Waals surface area contributed by atoms with Crippen molar-refractivity contribution in [2.45, 2.75) is 48.0 Å². The quantitative estimate of drug-likeness (QED) is 0.241. The van der Waals surface area contributed by atoms with Crippen molar-refractivity contribution in [1.29, 1.82) is 0 Å². The molecule has 50 heavy (non-hydrogen) atoms. The first-order chi connectivity index (χ1) is 23.3. The van der Waals surface area contributed by atoms with E-state index in [0.29, 0.717) is 7.25 Å². The third-order valence-electron chi connectivity index (χ3n) is 9.75. The number of benzene rings is 4.